The molecule has 6 heteroatoms. The van der Waals surface area contributed by atoms with Gasteiger partial charge < -0.3 is 9.47 Å². The minimum atomic E-state index is 0.0325. The highest BCUT2D eigenvalue weighted by molar-refractivity contribution is 5.94. The molecule has 1 atom stereocenters. The van der Waals surface area contributed by atoms with E-state index in [9.17, 15) is 4.79 Å². The topological polar surface area (TPSA) is 63.9 Å². The van der Waals surface area contributed by atoms with Gasteiger partial charge in [0.25, 0.3) is 5.91 Å². The van der Waals surface area contributed by atoms with Crippen LogP contribution in [0, 0.1) is 6.92 Å². The number of carbonyl (C=O) groups is 1. The van der Waals surface area contributed by atoms with E-state index in [1.165, 1.54) is 5.56 Å². The largest absolute Gasteiger partial charge is 0.337 e. The summed E-state index contributed by atoms with van der Waals surface area (Å²) >= 11 is 0. The van der Waals surface area contributed by atoms with Crippen molar-refractivity contribution in [2.24, 2.45) is 0 Å². The first kappa shape index (κ1) is 19.4. The molecular weight excluding hydrogens is 386 g/mol. The minimum Gasteiger partial charge on any atom is -0.337 e. The SMILES string of the molecule is Cc1nnc2n1C[C@@H](c1cccc(C(=O)N(C)Cc3ccc4ncccc4c3)c1)CC2. The number of nitrogens with zero attached hydrogens (tertiary/aromatic N) is 5. The maximum Gasteiger partial charge on any atom is 0.253 e. The van der Waals surface area contributed by atoms with Gasteiger partial charge in [0, 0.05) is 49.6 Å². The van der Waals surface area contributed by atoms with Crippen LogP contribution in [0.25, 0.3) is 10.9 Å². The molecule has 2 aromatic heterocycles. The smallest absolute Gasteiger partial charge is 0.253 e. The van der Waals surface area contributed by atoms with Crippen molar-refractivity contribution in [2.75, 3.05) is 7.05 Å². The lowest BCUT2D eigenvalue weighted by atomic mass is 9.90. The van der Waals surface area contributed by atoms with E-state index in [1.54, 1.807) is 11.1 Å². The van der Waals surface area contributed by atoms with E-state index in [0.717, 1.165) is 53.1 Å². The molecule has 4 aromatic rings. The number of pyridine rings is 1. The molecule has 6 nitrogen and oxygen atoms in total. The molecule has 0 saturated heterocycles. The van der Waals surface area contributed by atoms with Gasteiger partial charge in [-0.2, -0.15) is 0 Å². The van der Waals surface area contributed by atoms with Gasteiger partial charge in [0.15, 0.2) is 0 Å². The Balaban J connectivity index is 1.33. The van der Waals surface area contributed by atoms with E-state index in [2.05, 4.69) is 37.9 Å². The van der Waals surface area contributed by atoms with Crippen molar-refractivity contribution >= 4 is 16.8 Å². The predicted octanol–water partition coefficient (Wildman–Crippen LogP) is 4.14. The molecule has 0 N–H and O–H groups in total. The molecule has 0 unspecified atom stereocenters. The Kier molecular flexibility index (Phi) is 4.98. The summed E-state index contributed by atoms with van der Waals surface area (Å²) < 4.78 is 2.20. The fraction of sp³-hybridized carbons (Fsp3) is 0.280. The molecule has 0 fully saturated rings. The van der Waals surface area contributed by atoms with Gasteiger partial charge in [-0.1, -0.05) is 24.3 Å². The molecule has 0 saturated carbocycles. The van der Waals surface area contributed by atoms with E-state index < -0.39 is 0 Å². The summed E-state index contributed by atoms with van der Waals surface area (Å²) in [7, 11) is 1.86. The molecule has 5 rings (SSSR count). The highest BCUT2D eigenvalue weighted by Crippen LogP contribution is 2.29. The third-order valence-electron chi connectivity index (χ3n) is 6.17. The van der Waals surface area contributed by atoms with Crippen LogP contribution < -0.4 is 0 Å². The Morgan fingerprint density at radius 2 is 2.03 bits per heavy atom. The number of amides is 1. The molecule has 156 valence electrons. The van der Waals surface area contributed by atoms with Crippen LogP contribution in [0.2, 0.25) is 0 Å². The van der Waals surface area contributed by atoms with Crippen LogP contribution in [0.5, 0.6) is 0 Å². The first-order valence-electron chi connectivity index (χ1n) is 10.7. The number of carbonyl (C=O) groups excluding carboxylic acids is 1. The van der Waals surface area contributed by atoms with Gasteiger partial charge in [-0.15, -0.1) is 10.2 Å². The van der Waals surface area contributed by atoms with Crippen molar-refractivity contribution in [3.63, 3.8) is 0 Å². The van der Waals surface area contributed by atoms with Crippen molar-refractivity contribution in [1.29, 1.82) is 0 Å². The summed E-state index contributed by atoms with van der Waals surface area (Å²) in [6, 6.07) is 18.2. The Morgan fingerprint density at radius 3 is 2.94 bits per heavy atom. The van der Waals surface area contributed by atoms with Crippen LogP contribution in [0.15, 0.2) is 60.8 Å². The van der Waals surface area contributed by atoms with Crippen LogP contribution >= 0.6 is 0 Å². The van der Waals surface area contributed by atoms with Gasteiger partial charge in [-0.3, -0.25) is 9.78 Å². The lowest BCUT2D eigenvalue weighted by Crippen LogP contribution is -2.26. The van der Waals surface area contributed by atoms with Crippen molar-refractivity contribution in [1.82, 2.24) is 24.6 Å². The Labute approximate surface area is 181 Å². The lowest BCUT2D eigenvalue weighted by Gasteiger charge is -2.25. The molecule has 31 heavy (non-hydrogen) atoms. The van der Waals surface area contributed by atoms with Crippen molar-refractivity contribution in [3.8, 4) is 0 Å². The normalized spacial score (nSPS) is 15.6. The second-order valence-corrected chi connectivity index (χ2v) is 8.33. The van der Waals surface area contributed by atoms with Crippen molar-refractivity contribution < 1.29 is 4.79 Å². The average molecular weight is 412 g/mol. The van der Waals surface area contributed by atoms with Gasteiger partial charge in [0.05, 0.1) is 5.52 Å². The molecule has 0 radical (unpaired) electrons. The maximum atomic E-state index is 13.1. The molecule has 1 aliphatic heterocycles. The van der Waals surface area contributed by atoms with Gasteiger partial charge in [-0.25, -0.2) is 0 Å². The monoisotopic (exact) mass is 411 g/mol. The Hall–Kier alpha value is -3.54. The number of aromatic nitrogens is 4. The van der Waals surface area contributed by atoms with Gasteiger partial charge in [0.1, 0.15) is 11.6 Å². The van der Waals surface area contributed by atoms with E-state index in [-0.39, 0.29) is 5.91 Å². The van der Waals surface area contributed by atoms with E-state index in [1.807, 2.05) is 50.4 Å². The van der Waals surface area contributed by atoms with Crippen LogP contribution in [-0.2, 0) is 19.5 Å². The maximum absolute atomic E-state index is 13.1. The molecule has 0 aliphatic carbocycles. The zero-order chi connectivity index (χ0) is 21.4. The summed E-state index contributed by atoms with van der Waals surface area (Å²) in [4.78, 5) is 19.3. The van der Waals surface area contributed by atoms with E-state index >= 15 is 0 Å². The first-order valence-corrected chi connectivity index (χ1v) is 10.7. The number of fused-ring (bicyclic) bond motifs is 2. The summed E-state index contributed by atoms with van der Waals surface area (Å²) in [5.74, 6) is 2.42. The molecule has 1 aliphatic rings. The molecule has 2 aromatic carbocycles. The third kappa shape index (κ3) is 3.81. The van der Waals surface area contributed by atoms with Crippen LogP contribution in [0.1, 0.15) is 45.5 Å². The lowest BCUT2D eigenvalue weighted by molar-refractivity contribution is 0.0785. The fourth-order valence-electron chi connectivity index (χ4n) is 4.45. The minimum absolute atomic E-state index is 0.0325. The number of hydrogen-bond acceptors (Lipinski definition) is 4. The zero-order valence-electron chi connectivity index (χ0n) is 17.8. The highest BCUT2D eigenvalue weighted by Gasteiger charge is 2.23. The second-order valence-electron chi connectivity index (χ2n) is 8.33. The van der Waals surface area contributed by atoms with E-state index in [4.69, 9.17) is 0 Å². The van der Waals surface area contributed by atoms with Crippen LogP contribution in [0.4, 0.5) is 0 Å². The second kappa shape index (κ2) is 7.95. The molecular formula is C25H25N5O. The third-order valence-corrected chi connectivity index (χ3v) is 6.17. The number of hydrogen-bond donors (Lipinski definition) is 0. The van der Waals surface area contributed by atoms with E-state index in [0.29, 0.717) is 12.5 Å². The van der Waals surface area contributed by atoms with Crippen molar-refractivity contribution in [3.05, 3.63) is 89.1 Å². The van der Waals surface area contributed by atoms with Gasteiger partial charge in [0.2, 0.25) is 0 Å². The quantitative estimate of drug-likeness (QED) is 0.506. The predicted molar refractivity (Wildman–Crippen MR) is 120 cm³/mol. The zero-order valence-corrected chi connectivity index (χ0v) is 17.8. The van der Waals surface area contributed by atoms with Gasteiger partial charge in [-0.05, 0) is 54.8 Å². The number of benzene rings is 2. The standard InChI is InChI=1S/C25H25N5O/c1-17-27-28-24-11-9-22(16-30(17)24)19-5-3-6-21(14-19)25(31)29(2)15-18-8-10-23-20(13-18)7-4-12-26-23/h3-8,10,12-14,22H,9,11,15-16H2,1-2H3/t22-/m0/s1. The molecule has 0 spiro atoms. The Bertz CT molecular complexity index is 1260. The summed E-state index contributed by atoms with van der Waals surface area (Å²) in [5, 5.41) is 9.55. The number of rotatable bonds is 4. The van der Waals surface area contributed by atoms with Gasteiger partial charge >= 0.3 is 0 Å². The first-order chi connectivity index (χ1) is 15.1. The summed E-state index contributed by atoms with van der Waals surface area (Å²) in [6.07, 6.45) is 3.74. The average Bonchev–Trinajstić information content (AvgIpc) is 3.18. The Morgan fingerprint density at radius 1 is 1.13 bits per heavy atom. The van der Waals surface area contributed by atoms with Crippen LogP contribution in [0.3, 0.4) is 0 Å². The summed E-state index contributed by atoms with van der Waals surface area (Å²) in [6.45, 7) is 3.42. The molecule has 1 amide bonds. The molecule has 3 heterocycles. The fourth-order valence-corrected chi connectivity index (χ4v) is 4.45. The number of aryl methyl sites for hydroxylation is 2. The van der Waals surface area contributed by atoms with Crippen LogP contribution in [-0.4, -0.2) is 37.6 Å². The molecule has 0 bridgehead atoms. The van der Waals surface area contributed by atoms with Crippen molar-refractivity contribution in [2.45, 2.75) is 38.8 Å². The summed E-state index contributed by atoms with van der Waals surface area (Å²) in [5.41, 5.74) is 3.99. The highest BCUT2D eigenvalue weighted by atomic mass is 16.2.